The third-order valence-corrected chi connectivity index (χ3v) is 7.90. The van der Waals surface area contributed by atoms with Crippen molar-refractivity contribution in [3.8, 4) is 5.75 Å². The van der Waals surface area contributed by atoms with Gasteiger partial charge in [0, 0.05) is 38.7 Å². The first-order valence-electron chi connectivity index (χ1n) is 12.7. The number of fused-ring (bicyclic) bond motifs is 1. The van der Waals surface area contributed by atoms with Gasteiger partial charge in [0.05, 0.1) is 6.10 Å². The molecule has 34 heavy (non-hydrogen) atoms. The molecule has 5 rings (SSSR count). The summed E-state index contributed by atoms with van der Waals surface area (Å²) >= 11 is 0. The summed E-state index contributed by atoms with van der Waals surface area (Å²) in [4.78, 5) is 40.8. The molecule has 3 fully saturated rings. The van der Waals surface area contributed by atoms with E-state index in [-0.39, 0.29) is 30.2 Å². The van der Waals surface area contributed by atoms with Crippen LogP contribution in [-0.4, -0.2) is 72.5 Å². The summed E-state index contributed by atoms with van der Waals surface area (Å²) in [6, 6.07) is 5.04. The van der Waals surface area contributed by atoms with Gasteiger partial charge in [-0.15, -0.1) is 0 Å². The van der Waals surface area contributed by atoms with Crippen molar-refractivity contribution in [3.63, 3.8) is 0 Å². The van der Waals surface area contributed by atoms with Gasteiger partial charge in [0.25, 0.3) is 5.91 Å². The van der Waals surface area contributed by atoms with Gasteiger partial charge in [-0.05, 0) is 81.2 Å². The fourth-order valence-corrected chi connectivity index (χ4v) is 6.01. The molecule has 184 valence electrons. The number of benzene rings is 1. The predicted molar refractivity (Wildman–Crippen MR) is 125 cm³/mol. The highest BCUT2D eigenvalue weighted by atomic mass is 16.5. The summed E-state index contributed by atoms with van der Waals surface area (Å²) in [5, 5.41) is 2.35. The quantitative estimate of drug-likeness (QED) is 0.644. The number of hydrogen-bond acceptors (Lipinski definition) is 6. The molecule has 1 unspecified atom stereocenters. The zero-order valence-corrected chi connectivity index (χ0v) is 20.0. The molecule has 2 saturated heterocycles. The van der Waals surface area contributed by atoms with E-state index in [4.69, 9.17) is 9.47 Å². The minimum absolute atomic E-state index is 0.144. The summed E-state index contributed by atoms with van der Waals surface area (Å²) in [6.45, 7) is 3.57. The molecule has 0 spiro atoms. The number of rotatable bonds is 6. The van der Waals surface area contributed by atoms with Gasteiger partial charge in [-0.3, -0.25) is 24.6 Å². The monoisotopic (exact) mass is 469 g/mol. The molecule has 8 heteroatoms. The average molecular weight is 470 g/mol. The number of imide groups is 1. The lowest BCUT2D eigenvalue weighted by atomic mass is 9.86. The van der Waals surface area contributed by atoms with Gasteiger partial charge in [0.1, 0.15) is 17.9 Å². The first-order valence-corrected chi connectivity index (χ1v) is 12.7. The molecular formula is C26H35N3O5. The van der Waals surface area contributed by atoms with Crippen molar-refractivity contribution in [3.05, 3.63) is 29.3 Å². The number of piperidine rings is 2. The summed E-state index contributed by atoms with van der Waals surface area (Å²) in [7, 11) is 1.82. The van der Waals surface area contributed by atoms with Crippen LogP contribution in [0.4, 0.5) is 0 Å². The van der Waals surface area contributed by atoms with Crippen LogP contribution in [0, 0.1) is 5.92 Å². The SMILES string of the molecule is CO[C@H]1CC[C@H](CN2CCC[C@@H](Oc3ccc4c(c3)CN(C3CCC(=O)NC3=O)C4=O)C2)CC1. The molecule has 0 aromatic heterocycles. The van der Waals surface area contributed by atoms with E-state index in [1.54, 1.807) is 4.90 Å². The van der Waals surface area contributed by atoms with Crippen LogP contribution in [0.15, 0.2) is 18.2 Å². The number of nitrogens with zero attached hydrogens (tertiary/aromatic N) is 2. The van der Waals surface area contributed by atoms with Crippen LogP contribution in [0.3, 0.4) is 0 Å². The van der Waals surface area contributed by atoms with Crippen LogP contribution in [0.2, 0.25) is 0 Å². The number of nitrogens with one attached hydrogen (secondary N) is 1. The van der Waals surface area contributed by atoms with Gasteiger partial charge >= 0.3 is 0 Å². The largest absolute Gasteiger partial charge is 0.489 e. The van der Waals surface area contributed by atoms with Gasteiger partial charge < -0.3 is 14.4 Å². The number of ether oxygens (including phenoxy) is 2. The van der Waals surface area contributed by atoms with Crippen LogP contribution < -0.4 is 10.1 Å². The normalized spacial score (nSPS) is 30.3. The molecule has 1 saturated carbocycles. The number of carbonyl (C=O) groups is 3. The van der Waals surface area contributed by atoms with Gasteiger partial charge in [0.2, 0.25) is 11.8 Å². The highest BCUT2D eigenvalue weighted by molar-refractivity contribution is 6.05. The van der Waals surface area contributed by atoms with Gasteiger partial charge in [-0.2, -0.15) is 0 Å². The molecule has 1 N–H and O–H groups in total. The van der Waals surface area contributed by atoms with Crippen molar-refractivity contribution < 1.29 is 23.9 Å². The summed E-state index contributed by atoms with van der Waals surface area (Å²) < 4.78 is 11.9. The Bertz CT molecular complexity index is 942. The smallest absolute Gasteiger partial charge is 0.255 e. The van der Waals surface area contributed by atoms with E-state index in [1.807, 2.05) is 25.3 Å². The lowest BCUT2D eigenvalue weighted by Gasteiger charge is -2.37. The molecule has 2 atom stereocenters. The standard InChI is InChI=1S/C26H35N3O5/c1-33-19-6-4-17(5-7-19)14-28-12-2-3-21(16-28)34-20-8-9-22-18(13-20)15-29(26(22)32)23-10-11-24(30)27-25(23)31/h8-9,13,17,19,21,23H,2-7,10-12,14-16H2,1H3,(H,27,30,31)/t17-,19-,21-,23?/m1/s1. The Morgan fingerprint density at radius 3 is 2.62 bits per heavy atom. The minimum Gasteiger partial charge on any atom is -0.489 e. The molecule has 3 aliphatic heterocycles. The summed E-state index contributed by atoms with van der Waals surface area (Å²) in [5.74, 6) is 0.721. The Morgan fingerprint density at radius 1 is 1.03 bits per heavy atom. The zero-order valence-electron chi connectivity index (χ0n) is 20.0. The molecule has 4 aliphatic rings. The maximum absolute atomic E-state index is 12.9. The zero-order chi connectivity index (χ0) is 23.7. The Hall–Kier alpha value is -2.45. The summed E-state index contributed by atoms with van der Waals surface area (Å²) in [6.07, 6.45) is 8.19. The van der Waals surface area contributed by atoms with Crippen molar-refractivity contribution >= 4 is 17.7 Å². The topological polar surface area (TPSA) is 88.2 Å². The lowest BCUT2D eigenvalue weighted by Crippen LogP contribution is -2.52. The molecule has 1 aromatic rings. The molecule has 3 amide bonds. The second-order valence-electron chi connectivity index (χ2n) is 10.2. The van der Waals surface area contributed by atoms with Crippen LogP contribution in [0.5, 0.6) is 5.75 Å². The van der Waals surface area contributed by atoms with Crippen LogP contribution in [-0.2, 0) is 20.9 Å². The number of hydrogen-bond donors (Lipinski definition) is 1. The summed E-state index contributed by atoms with van der Waals surface area (Å²) in [5.41, 5.74) is 1.50. The molecule has 1 aliphatic carbocycles. The fraction of sp³-hybridized carbons (Fsp3) is 0.654. The second kappa shape index (κ2) is 10.0. The number of amides is 3. The fourth-order valence-electron chi connectivity index (χ4n) is 6.01. The van der Waals surface area contributed by atoms with E-state index in [0.29, 0.717) is 24.6 Å². The molecule has 3 heterocycles. The van der Waals surface area contributed by atoms with Crippen molar-refractivity contribution in [2.24, 2.45) is 5.92 Å². The van der Waals surface area contributed by atoms with Crippen molar-refractivity contribution in [1.29, 1.82) is 0 Å². The van der Waals surface area contributed by atoms with Crippen molar-refractivity contribution in [2.75, 3.05) is 26.7 Å². The first-order chi connectivity index (χ1) is 16.5. The van der Waals surface area contributed by atoms with Gasteiger partial charge in [0.15, 0.2) is 0 Å². The Kier molecular flexibility index (Phi) is 6.88. The Labute approximate surface area is 200 Å². The van der Waals surface area contributed by atoms with E-state index in [0.717, 1.165) is 49.7 Å². The maximum Gasteiger partial charge on any atom is 0.255 e. The maximum atomic E-state index is 12.9. The van der Waals surface area contributed by atoms with Crippen molar-refractivity contribution in [1.82, 2.24) is 15.1 Å². The number of carbonyl (C=O) groups excluding carboxylic acids is 3. The molecule has 0 bridgehead atoms. The third kappa shape index (κ3) is 4.98. The number of likely N-dealkylation sites (tertiary alicyclic amines) is 1. The van der Waals surface area contributed by atoms with E-state index in [9.17, 15) is 14.4 Å². The third-order valence-electron chi connectivity index (χ3n) is 7.90. The Morgan fingerprint density at radius 2 is 1.85 bits per heavy atom. The average Bonchev–Trinajstić information content (AvgIpc) is 3.15. The van der Waals surface area contributed by atoms with Crippen LogP contribution in [0.1, 0.15) is 67.3 Å². The first kappa shape index (κ1) is 23.3. The van der Waals surface area contributed by atoms with E-state index in [1.165, 1.54) is 25.7 Å². The lowest BCUT2D eigenvalue weighted by molar-refractivity contribution is -0.136. The molecule has 1 aromatic carbocycles. The van der Waals surface area contributed by atoms with Gasteiger partial charge in [-0.25, -0.2) is 0 Å². The van der Waals surface area contributed by atoms with Gasteiger partial charge in [-0.1, -0.05) is 0 Å². The predicted octanol–water partition coefficient (Wildman–Crippen LogP) is 2.50. The second-order valence-corrected chi connectivity index (χ2v) is 10.2. The van der Waals surface area contributed by atoms with Crippen molar-refractivity contribution in [2.45, 2.75) is 76.2 Å². The Balaban J connectivity index is 1.17. The van der Waals surface area contributed by atoms with E-state index < -0.39 is 6.04 Å². The van der Waals surface area contributed by atoms with Crippen LogP contribution in [0.25, 0.3) is 0 Å². The van der Waals surface area contributed by atoms with E-state index >= 15 is 0 Å². The molecule has 8 nitrogen and oxygen atoms in total. The molecular weight excluding hydrogens is 434 g/mol. The van der Waals surface area contributed by atoms with Crippen LogP contribution >= 0.6 is 0 Å². The molecule has 0 radical (unpaired) electrons. The highest BCUT2D eigenvalue weighted by Gasteiger charge is 2.39. The highest BCUT2D eigenvalue weighted by Crippen LogP contribution is 2.32. The number of methoxy groups -OCH3 is 1. The minimum atomic E-state index is -0.590. The van der Waals surface area contributed by atoms with E-state index in [2.05, 4.69) is 10.2 Å².